The van der Waals surface area contributed by atoms with Crippen LogP contribution in [0.1, 0.15) is 25.3 Å². The molecule has 1 aromatic carbocycles. The molecule has 0 saturated carbocycles. The Hall–Kier alpha value is -0.980. The SMILES string of the molecule is Cc1cccc(F)c1S(=O)(=O)N1CCCC(C(C)N)C1. The molecule has 1 fully saturated rings. The number of nitrogens with two attached hydrogens (primary N) is 1. The van der Waals surface area contributed by atoms with Crippen molar-refractivity contribution in [1.82, 2.24) is 4.31 Å². The summed E-state index contributed by atoms with van der Waals surface area (Å²) in [6, 6.07) is 4.26. The number of halogens is 1. The molecule has 0 spiro atoms. The lowest BCUT2D eigenvalue weighted by Gasteiger charge is -2.34. The predicted molar refractivity (Wildman–Crippen MR) is 76.3 cm³/mol. The van der Waals surface area contributed by atoms with Crippen LogP contribution < -0.4 is 5.73 Å². The van der Waals surface area contributed by atoms with E-state index in [1.54, 1.807) is 13.0 Å². The van der Waals surface area contributed by atoms with E-state index in [1.165, 1.54) is 16.4 Å². The Kier molecular flexibility index (Phi) is 4.46. The number of sulfonamides is 1. The molecule has 0 aliphatic carbocycles. The second-order valence-corrected chi connectivity index (χ2v) is 7.39. The van der Waals surface area contributed by atoms with Gasteiger partial charge in [0.15, 0.2) is 0 Å². The fourth-order valence-corrected chi connectivity index (χ4v) is 4.50. The molecule has 1 aliphatic heterocycles. The molecule has 6 heteroatoms. The summed E-state index contributed by atoms with van der Waals surface area (Å²) in [5.74, 6) is -0.557. The van der Waals surface area contributed by atoms with E-state index in [-0.39, 0.29) is 16.9 Å². The van der Waals surface area contributed by atoms with Crippen LogP contribution in [0.2, 0.25) is 0 Å². The van der Waals surface area contributed by atoms with Crippen molar-refractivity contribution in [3.8, 4) is 0 Å². The summed E-state index contributed by atoms with van der Waals surface area (Å²) >= 11 is 0. The maximum absolute atomic E-state index is 13.9. The first kappa shape index (κ1) is 15.4. The van der Waals surface area contributed by atoms with Gasteiger partial charge in [-0.3, -0.25) is 0 Å². The zero-order valence-electron chi connectivity index (χ0n) is 11.8. The molecule has 2 rings (SSSR count). The van der Waals surface area contributed by atoms with E-state index in [2.05, 4.69) is 0 Å². The molecule has 1 aliphatic rings. The molecular weight excluding hydrogens is 279 g/mol. The first-order chi connectivity index (χ1) is 9.34. The summed E-state index contributed by atoms with van der Waals surface area (Å²) in [4.78, 5) is -0.203. The van der Waals surface area contributed by atoms with Gasteiger partial charge in [0, 0.05) is 19.1 Å². The summed E-state index contributed by atoms with van der Waals surface area (Å²) in [6.07, 6.45) is 1.68. The first-order valence-corrected chi connectivity index (χ1v) is 8.29. The van der Waals surface area contributed by atoms with E-state index >= 15 is 0 Å². The summed E-state index contributed by atoms with van der Waals surface area (Å²) in [6.45, 7) is 4.30. The third-order valence-electron chi connectivity index (χ3n) is 3.93. The van der Waals surface area contributed by atoms with Crippen LogP contribution in [-0.4, -0.2) is 31.9 Å². The molecule has 1 aromatic rings. The van der Waals surface area contributed by atoms with Gasteiger partial charge < -0.3 is 5.73 Å². The van der Waals surface area contributed by atoms with Crippen LogP contribution in [0, 0.1) is 18.7 Å². The van der Waals surface area contributed by atoms with Crippen LogP contribution in [0.5, 0.6) is 0 Å². The first-order valence-electron chi connectivity index (χ1n) is 6.85. The molecule has 2 atom stereocenters. The van der Waals surface area contributed by atoms with Crippen molar-refractivity contribution in [2.75, 3.05) is 13.1 Å². The minimum Gasteiger partial charge on any atom is -0.328 e. The number of hydrogen-bond acceptors (Lipinski definition) is 3. The smallest absolute Gasteiger partial charge is 0.246 e. The topological polar surface area (TPSA) is 63.4 Å². The second kappa shape index (κ2) is 5.79. The van der Waals surface area contributed by atoms with E-state index < -0.39 is 15.8 Å². The van der Waals surface area contributed by atoms with E-state index in [4.69, 9.17) is 5.73 Å². The van der Waals surface area contributed by atoms with Gasteiger partial charge in [-0.15, -0.1) is 0 Å². The van der Waals surface area contributed by atoms with E-state index in [9.17, 15) is 12.8 Å². The Bertz CT molecular complexity index is 567. The zero-order valence-corrected chi connectivity index (χ0v) is 12.7. The highest BCUT2D eigenvalue weighted by molar-refractivity contribution is 7.89. The zero-order chi connectivity index (χ0) is 14.9. The molecule has 0 aromatic heterocycles. The average Bonchev–Trinajstić information content (AvgIpc) is 2.38. The molecule has 20 heavy (non-hydrogen) atoms. The van der Waals surface area contributed by atoms with Crippen molar-refractivity contribution in [3.05, 3.63) is 29.6 Å². The average molecular weight is 300 g/mol. The fourth-order valence-electron chi connectivity index (χ4n) is 2.69. The quantitative estimate of drug-likeness (QED) is 0.927. The molecular formula is C14H21FN2O2S. The van der Waals surface area contributed by atoms with Crippen LogP contribution in [0.4, 0.5) is 4.39 Å². The molecule has 2 N–H and O–H groups in total. The lowest BCUT2D eigenvalue weighted by Crippen LogP contribution is -2.45. The van der Waals surface area contributed by atoms with Gasteiger partial charge in [0.25, 0.3) is 0 Å². The fraction of sp³-hybridized carbons (Fsp3) is 0.571. The van der Waals surface area contributed by atoms with Crippen molar-refractivity contribution >= 4 is 10.0 Å². The van der Waals surface area contributed by atoms with E-state index in [1.807, 2.05) is 6.92 Å². The molecule has 112 valence electrons. The Morgan fingerprint density at radius 2 is 2.15 bits per heavy atom. The van der Waals surface area contributed by atoms with Crippen molar-refractivity contribution in [2.24, 2.45) is 11.7 Å². The number of aryl methyl sites for hydroxylation is 1. The van der Waals surface area contributed by atoms with Gasteiger partial charge in [0.05, 0.1) is 0 Å². The normalized spacial score (nSPS) is 22.7. The standard InChI is InChI=1S/C14H21FN2O2S/c1-10-5-3-7-13(15)14(10)20(18,19)17-8-4-6-12(9-17)11(2)16/h3,5,7,11-12H,4,6,8-9,16H2,1-2H3. The minimum absolute atomic E-state index is 0.0604. The van der Waals surface area contributed by atoms with Gasteiger partial charge >= 0.3 is 0 Å². The lowest BCUT2D eigenvalue weighted by atomic mass is 9.93. The van der Waals surface area contributed by atoms with Crippen LogP contribution in [0.25, 0.3) is 0 Å². The van der Waals surface area contributed by atoms with Gasteiger partial charge in [-0.05, 0) is 44.2 Å². The third kappa shape index (κ3) is 2.87. The summed E-state index contributed by atoms with van der Waals surface area (Å²) in [7, 11) is -3.79. The van der Waals surface area contributed by atoms with E-state index in [0.29, 0.717) is 18.7 Å². The van der Waals surface area contributed by atoms with Gasteiger partial charge in [-0.2, -0.15) is 4.31 Å². The number of nitrogens with zero attached hydrogens (tertiary/aromatic N) is 1. The van der Waals surface area contributed by atoms with Gasteiger partial charge in [0.2, 0.25) is 10.0 Å². The molecule has 2 unspecified atom stereocenters. The van der Waals surface area contributed by atoms with Crippen LogP contribution in [-0.2, 0) is 10.0 Å². The highest BCUT2D eigenvalue weighted by atomic mass is 32.2. The number of benzene rings is 1. The minimum atomic E-state index is -3.79. The Morgan fingerprint density at radius 1 is 1.45 bits per heavy atom. The van der Waals surface area contributed by atoms with Gasteiger partial charge in [-0.25, -0.2) is 12.8 Å². The summed E-state index contributed by atoms with van der Waals surface area (Å²) in [5.41, 5.74) is 6.31. The molecule has 1 saturated heterocycles. The largest absolute Gasteiger partial charge is 0.328 e. The molecule has 0 radical (unpaired) electrons. The van der Waals surface area contributed by atoms with Crippen LogP contribution in [0.15, 0.2) is 23.1 Å². The molecule has 1 heterocycles. The van der Waals surface area contributed by atoms with Crippen molar-refractivity contribution < 1.29 is 12.8 Å². The maximum Gasteiger partial charge on any atom is 0.246 e. The van der Waals surface area contributed by atoms with Crippen LogP contribution >= 0.6 is 0 Å². The Morgan fingerprint density at radius 3 is 2.75 bits per heavy atom. The molecule has 4 nitrogen and oxygen atoms in total. The molecule has 0 amide bonds. The Balaban J connectivity index is 2.35. The van der Waals surface area contributed by atoms with Crippen molar-refractivity contribution in [3.63, 3.8) is 0 Å². The maximum atomic E-state index is 13.9. The monoisotopic (exact) mass is 300 g/mol. The van der Waals surface area contributed by atoms with Crippen LogP contribution in [0.3, 0.4) is 0 Å². The highest BCUT2D eigenvalue weighted by Gasteiger charge is 2.33. The number of hydrogen-bond donors (Lipinski definition) is 1. The Labute approximate surface area is 119 Å². The van der Waals surface area contributed by atoms with Crippen molar-refractivity contribution in [2.45, 2.75) is 37.6 Å². The molecule has 0 bridgehead atoms. The summed E-state index contributed by atoms with van der Waals surface area (Å²) in [5, 5.41) is 0. The summed E-state index contributed by atoms with van der Waals surface area (Å²) < 4.78 is 40.6. The lowest BCUT2D eigenvalue weighted by molar-refractivity contribution is 0.242. The highest BCUT2D eigenvalue weighted by Crippen LogP contribution is 2.28. The number of piperidine rings is 1. The van der Waals surface area contributed by atoms with Crippen molar-refractivity contribution in [1.29, 1.82) is 0 Å². The van der Waals surface area contributed by atoms with Gasteiger partial charge in [0.1, 0.15) is 10.7 Å². The number of rotatable bonds is 3. The third-order valence-corrected chi connectivity index (χ3v) is 5.97. The van der Waals surface area contributed by atoms with E-state index in [0.717, 1.165) is 12.8 Å². The predicted octanol–water partition coefficient (Wildman–Crippen LogP) is 1.88. The van der Waals surface area contributed by atoms with Gasteiger partial charge in [-0.1, -0.05) is 12.1 Å². The second-order valence-electron chi connectivity index (χ2n) is 5.51.